The van der Waals surface area contributed by atoms with Crippen LogP contribution in [-0.4, -0.2) is 64.9 Å². The Hall–Kier alpha value is -2.43. The Bertz CT molecular complexity index is 991. The lowest BCUT2D eigenvalue weighted by Crippen LogP contribution is -2.37. The number of nitrogens with one attached hydrogen (secondary N) is 2. The molecule has 9 nitrogen and oxygen atoms in total. The van der Waals surface area contributed by atoms with E-state index in [1.165, 1.54) is 7.11 Å². The average molecular weight is 436 g/mol. The van der Waals surface area contributed by atoms with Gasteiger partial charge in [-0.1, -0.05) is 6.07 Å². The van der Waals surface area contributed by atoms with E-state index in [2.05, 4.69) is 24.9 Å². The zero-order valence-corrected chi connectivity index (χ0v) is 18.7. The minimum Gasteiger partial charge on any atom is -0.496 e. The van der Waals surface area contributed by atoms with Gasteiger partial charge in [0.1, 0.15) is 23.2 Å². The van der Waals surface area contributed by atoms with Crippen LogP contribution in [0.2, 0.25) is 0 Å². The summed E-state index contributed by atoms with van der Waals surface area (Å²) in [5, 5.41) is 3.17. The first-order chi connectivity index (χ1) is 14.3. The van der Waals surface area contributed by atoms with E-state index in [1.54, 1.807) is 13.0 Å². The molecule has 1 saturated heterocycles. The standard InChI is InChI=1S/C20H29N5O4S/c1-14-11-15(2)18(12-17(14)28-4)30(26,27)22-6-5-21-19-13-20(24-16(3)23-19)25-7-9-29-10-8-25/h11-13,22H,5-10H2,1-4H3,(H,21,23,24). The minimum absolute atomic E-state index is 0.216. The summed E-state index contributed by atoms with van der Waals surface area (Å²) in [7, 11) is -2.12. The Labute approximate surface area is 177 Å². The van der Waals surface area contributed by atoms with E-state index in [0.717, 1.165) is 24.5 Å². The van der Waals surface area contributed by atoms with Crippen molar-refractivity contribution in [1.29, 1.82) is 0 Å². The highest BCUT2D eigenvalue weighted by Gasteiger charge is 2.19. The molecule has 1 aliphatic heterocycles. The van der Waals surface area contributed by atoms with Crippen molar-refractivity contribution in [3.05, 3.63) is 35.2 Å². The number of sulfonamides is 1. The average Bonchev–Trinajstić information content (AvgIpc) is 2.71. The molecule has 0 aliphatic carbocycles. The largest absolute Gasteiger partial charge is 0.496 e. The fourth-order valence-corrected chi connectivity index (χ4v) is 4.65. The first-order valence-electron chi connectivity index (χ1n) is 9.87. The number of methoxy groups -OCH3 is 1. The normalized spacial score (nSPS) is 14.6. The Balaban J connectivity index is 1.61. The summed E-state index contributed by atoms with van der Waals surface area (Å²) in [5.41, 5.74) is 1.57. The summed E-state index contributed by atoms with van der Waals surface area (Å²) < 4.78 is 38.7. The van der Waals surface area contributed by atoms with Gasteiger partial charge in [-0.3, -0.25) is 0 Å². The molecule has 0 radical (unpaired) electrons. The molecule has 2 aromatic rings. The van der Waals surface area contributed by atoms with Crippen molar-refractivity contribution in [2.75, 3.05) is 56.7 Å². The maximum absolute atomic E-state index is 12.7. The SMILES string of the molecule is COc1cc(S(=O)(=O)NCCNc2cc(N3CCOCC3)nc(C)n2)c(C)cc1C. The van der Waals surface area contributed by atoms with Crippen LogP contribution in [0, 0.1) is 20.8 Å². The minimum atomic E-state index is -3.65. The summed E-state index contributed by atoms with van der Waals surface area (Å²) in [6, 6.07) is 5.24. The number of nitrogens with zero attached hydrogens (tertiary/aromatic N) is 3. The third kappa shape index (κ3) is 5.38. The highest BCUT2D eigenvalue weighted by Crippen LogP contribution is 2.25. The van der Waals surface area contributed by atoms with Crippen LogP contribution in [-0.2, 0) is 14.8 Å². The number of aromatic nitrogens is 2. The van der Waals surface area contributed by atoms with E-state index >= 15 is 0 Å². The molecule has 2 heterocycles. The van der Waals surface area contributed by atoms with Crippen LogP contribution < -0.4 is 19.7 Å². The molecule has 1 aromatic carbocycles. The Morgan fingerprint density at radius 1 is 1.07 bits per heavy atom. The second kappa shape index (κ2) is 9.59. The number of morpholine rings is 1. The Kier molecular flexibility index (Phi) is 7.11. The number of anilines is 2. The van der Waals surface area contributed by atoms with Gasteiger partial charge in [-0.05, 0) is 31.9 Å². The van der Waals surface area contributed by atoms with E-state index in [0.29, 0.717) is 42.7 Å². The van der Waals surface area contributed by atoms with Crippen LogP contribution in [0.15, 0.2) is 23.1 Å². The molecule has 0 atom stereocenters. The van der Waals surface area contributed by atoms with Gasteiger partial charge in [-0.2, -0.15) is 0 Å². The highest BCUT2D eigenvalue weighted by molar-refractivity contribution is 7.89. The lowest BCUT2D eigenvalue weighted by Gasteiger charge is -2.28. The van der Waals surface area contributed by atoms with Crippen molar-refractivity contribution in [3.63, 3.8) is 0 Å². The van der Waals surface area contributed by atoms with Crippen molar-refractivity contribution < 1.29 is 17.9 Å². The maximum atomic E-state index is 12.7. The van der Waals surface area contributed by atoms with Gasteiger partial charge < -0.3 is 19.7 Å². The van der Waals surface area contributed by atoms with Gasteiger partial charge in [-0.25, -0.2) is 23.1 Å². The molecule has 10 heteroatoms. The van der Waals surface area contributed by atoms with Crippen molar-refractivity contribution in [1.82, 2.24) is 14.7 Å². The smallest absolute Gasteiger partial charge is 0.241 e. The van der Waals surface area contributed by atoms with E-state index in [-0.39, 0.29) is 11.4 Å². The Morgan fingerprint density at radius 3 is 2.50 bits per heavy atom. The maximum Gasteiger partial charge on any atom is 0.241 e. The summed E-state index contributed by atoms with van der Waals surface area (Å²) in [5.74, 6) is 2.71. The fraction of sp³-hybridized carbons (Fsp3) is 0.500. The lowest BCUT2D eigenvalue weighted by molar-refractivity contribution is 0.122. The first kappa shape index (κ1) is 22.3. The van der Waals surface area contributed by atoms with Crippen molar-refractivity contribution in [3.8, 4) is 5.75 Å². The summed E-state index contributed by atoms with van der Waals surface area (Å²) in [6.07, 6.45) is 0. The number of benzene rings is 1. The highest BCUT2D eigenvalue weighted by atomic mass is 32.2. The number of hydrogen-bond donors (Lipinski definition) is 2. The third-order valence-corrected chi connectivity index (χ3v) is 6.47. The molecular formula is C20H29N5O4S. The van der Waals surface area contributed by atoms with Crippen molar-refractivity contribution >= 4 is 21.7 Å². The van der Waals surface area contributed by atoms with Crippen LogP contribution in [0.5, 0.6) is 5.75 Å². The third-order valence-electron chi connectivity index (χ3n) is 4.86. The Morgan fingerprint density at radius 2 is 1.80 bits per heavy atom. The van der Waals surface area contributed by atoms with Gasteiger partial charge in [0.15, 0.2) is 0 Å². The number of aryl methyl sites for hydroxylation is 3. The summed E-state index contributed by atoms with van der Waals surface area (Å²) in [4.78, 5) is 11.3. The van der Waals surface area contributed by atoms with E-state index in [9.17, 15) is 8.42 Å². The van der Waals surface area contributed by atoms with Crippen LogP contribution in [0.3, 0.4) is 0 Å². The monoisotopic (exact) mass is 435 g/mol. The zero-order chi connectivity index (χ0) is 21.7. The lowest BCUT2D eigenvalue weighted by atomic mass is 10.1. The molecule has 3 rings (SSSR count). The topological polar surface area (TPSA) is 106 Å². The van der Waals surface area contributed by atoms with Crippen LogP contribution >= 0.6 is 0 Å². The molecule has 164 valence electrons. The molecule has 0 unspecified atom stereocenters. The molecule has 1 aromatic heterocycles. The second-order valence-corrected chi connectivity index (χ2v) is 8.91. The molecular weight excluding hydrogens is 406 g/mol. The molecule has 1 fully saturated rings. The molecule has 0 spiro atoms. The van der Waals surface area contributed by atoms with Gasteiger partial charge in [0, 0.05) is 38.3 Å². The molecule has 1 aliphatic rings. The van der Waals surface area contributed by atoms with E-state index in [1.807, 2.05) is 26.0 Å². The summed E-state index contributed by atoms with van der Waals surface area (Å²) >= 11 is 0. The van der Waals surface area contributed by atoms with Crippen LogP contribution in [0.1, 0.15) is 17.0 Å². The van der Waals surface area contributed by atoms with Gasteiger partial charge in [0.25, 0.3) is 0 Å². The molecule has 0 bridgehead atoms. The molecule has 0 amide bonds. The second-order valence-electron chi connectivity index (χ2n) is 7.17. The van der Waals surface area contributed by atoms with Gasteiger partial charge in [0.2, 0.25) is 10.0 Å². The van der Waals surface area contributed by atoms with Gasteiger partial charge >= 0.3 is 0 Å². The van der Waals surface area contributed by atoms with Gasteiger partial charge in [0.05, 0.1) is 25.2 Å². The van der Waals surface area contributed by atoms with Crippen molar-refractivity contribution in [2.45, 2.75) is 25.7 Å². The fourth-order valence-electron chi connectivity index (χ4n) is 3.37. The van der Waals surface area contributed by atoms with Crippen LogP contribution in [0.25, 0.3) is 0 Å². The first-order valence-corrected chi connectivity index (χ1v) is 11.4. The predicted molar refractivity (Wildman–Crippen MR) is 116 cm³/mol. The quantitative estimate of drug-likeness (QED) is 0.603. The van der Waals surface area contributed by atoms with E-state index in [4.69, 9.17) is 9.47 Å². The molecule has 2 N–H and O–H groups in total. The van der Waals surface area contributed by atoms with E-state index < -0.39 is 10.0 Å². The number of hydrogen-bond acceptors (Lipinski definition) is 8. The number of rotatable bonds is 8. The molecule has 30 heavy (non-hydrogen) atoms. The van der Waals surface area contributed by atoms with Crippen LogP contribution in [0.4, 0.5) is 11.6 Å². The summed E-state index contributed by atoms with van der Waals surface area (Å²) in [6.45, 7) is 9.03. The van der Waals surface area contributed by atoms with Crippen molar-refractivity contribution in [2.24, 2.45) is 0 Å². The zero-order valence-electron chi connectivity index (χ0n) is 17.9. The van der Waals surface area contributed by atoms with Gasteiger partial charge in [-0.15, -0.1) is 0 Å². The number of ether oxygens (including phenoxy) is 2. The molecule has 0 saturated carbocycles. The predicted octanol–water partition coefficient (Wildman–Crippen LogP) is 1.64.